The number of Topliss-reactive ketones (excluding diaryl/α,β-unsaturated/α-hetero) is 1. The molecule has 1 unspecified atom stereocenters. The second kappa shape index (κ2) is 11.1. The fraction of sp³-hybridized carbons (Fsp3) is 0.233. The maximum absolute atomic E-state index is 13.4. The third kappa shape index (κ3) is 4.91. The SMILES string of the molecule is CCCOc1ccc(/C(O)=C2/C(=O)C(=O)N(c3ccc(C#N)cc3)C2c2ccc(O)c(OCC)c2)cc1C. The molecular weight excluding hydrogens is 484 g/mol. The van der Waals surface area contributed by atoms with Crippen LogP contribution in [0.5, 0.6) is 17.2 Å². The molecule has 1 atom stereocenters. The standard InChI is InChI=1S/C30H28N2O6/c1-4-14-38-24-13-9-21(15-18(24)3)28(34)26-27(20-8-12-23(33)25(16-20)37-5-2)32(30(36)29(26)35)22-10-6-19(17-31)7-11-22/h6-13,15-16,27,33-34H,4-5,14H2,1-3H3/b28-26-. The minimum Gasteiger partial charge on any atom is -0.507 e. The summed E-state index contributed by atoms with van der Waals surface area (Å²) in [6.07, 6.45) is 0.844. The Hall–Kier alpha value is -4.77. The molecule has 0 saturated carbocycles. The highest BCUT2D eigenvalue weighted by Gasteiger charge is 2.47. The molecular formula is C30H28N2O6. The number of amides is 1. The van der Waals surface area contributed by atoms with Gasteiger partial charge in [0.1, 0.15) is 11.5 Å². The van der Waals surface area contributed by atoms with Crippen LogP contribution in [0.2, 0.25) is 0 Å². The first-order valence-corrected chi connectivity index (χ1v) is 12.3. The molecule has 0 radical (unpaired) electrons. The smallest absolute Gasteiger partial charge is 0.300 e. The van der Waals surface area contributed by atoms with E-state index < -0.39 is 17.7 Å². The zero-order chi connectivity index (χ0) is 27.4. The molecule has 8 nitrogen and oxygen atoms in total. The first-order chi connectivity index (χ1) is 18.3. The van der Waals surface area contributed by atoms with Crippen molar-refractivity contribution in [2.45, 2.75) is 33.2 Å². The Labute approximate surface area is 221 Å². The zero-order valence-corrected chi connectivity index (χ0v) is 21.4. The van der Waals surface area contributed by atoms with E-state index in [2.05, 4.69) is 0 Å². The number of ketones is 1. The molecule has 1 heterocycles. The molecule has 1 saturated heterocycles. The third-order valence-corrected chi connectivity index (χ3v) is 6.23. The summed E-state index contributed by atoms with van der Waals surface area (Å²) in [6, 6.07) is 16.9. The van der Waals surface area contributed by atoms with Crippen LogP contribution in [-0.2, 0) is 9.59 Å². The van der Waals surface area contributed by atoms with E-state index in [1.54, 1.807) is 61.5 Å². The number of phenolic OH excluding ortho intramolecular Hbond substituents is 1. The second-order valence-electron chi connectivity index (χ2n) is 8.82. The Morgan fingerprint density at radius 2 is 1.74 bits per heavy atom. The number of aromatic hydroxyl groups is 1. The lowest BCUT2D eigenvalue weighted by atomic mass is 9.94. The van der Waals surface area contributed by atoms with E-state index in [1.165, 1.54) is 11.0 Å². The number of nitrogens with zero attached hydrogens (tertiary/aromatic N) is 2. The number of aryl methyl sites for hydroxylation is 1. The van der Waals surface area contributed by atoms with Gasteiger partial charge in [0.25, 0.3) is 11.7 Å². The van der Waals surface area contributed by atoms with Gasteiger partial charge in [-0.2, -0.15) is 5.26 Å². The van der Waals surface area contributed by atoms with Crippen molar-refractivity contribution >= 4 is 23.1 Å². The van der Waals surface area contributed by atoms with Crippen molar-refractivity contribution in [3.63, 3.8) is 0 Å². The maximum Gasteiger partial charge on any atom is 0.300 e. The van der Waals surface area contributed by atoms with E-state index in [4.69, 9.17) is 9.47 Å². The van der Waals surface area contributed by atoms with Crippen LogP contribution in [-0.4, -0.2) is 35.1 Å². The molecule has 1 fully saturated rings. The first kappa shape index (κ1) is 26.3. The van der Waals surface area contributed by atoms with Crippen molar-refractivity contribution in [1.29, 1.82) is 5.26 Å². The fourth-order valence-corrected chi connectivity index (χ4v) is 4.41. The number of carbonyl (C=O) groups is 2. The summed E-state index contributed by atoms with van der Waals surface area (Å²) in [5.74, 6) is -1.26. The van der Waals surface area contributed by atoms with Crippen molar-refractivity contribution in [1.82, 2.24) is 0 Å². The van der Waals surface area contributed by atoms with Crippen molar-refractivity contribution < 1.29 is 29.3 Å². The molecule has 1 aliphatic rings. The molecule has 1 amide bonds. The van der Waals surface area contributed by atoms with Crippen LogP contribution in [0.15, 0.2) is 66.2 Å². The number of aliphatic hydroxyl groups excluding tert-OH is 1. The molecule has 2 N–H and O–H groups in total. The van der Waals surface area contributed by atoms with E-state index in [-0.39, 0.29) is 22.8 Å². The van der Waals surface area contributed by atoms with Crippen LogP contribution >= 0.6 is 0 Å². The van der Waals surface area contributed by atoms with E-state index >= 15 is 0 Å². The molecule has 3 aromatic carbocycles. The minimum atomic E-state index is -1.01. The molecule has 194 valence electrons. The summed E-state index contributed by atoms with van der Waals surface area (Å²) in [6.45, 7) is 6.44. The van der Waals surface area contributed by atoms with Gasteiger partial charge in [0.15, 0.2) is 11.5 Å². The van der Waals surface area contributed by atoms with Gasteiger partial charge in [-0.1, -0.05) is 13.0 Å². The van der Waals surface area contributed by atoms with Crippen LogP contribution in [0.25, 0.3) is 5.76 Å². The first-order valence-electron chi connectivity index (χ1n) is 12.3. The molecule has 38 heavy (non-hydrogen) atoms. The molecule has 0 bridgehead atoms. The number of nitriles is 1. The highest BCUT2D eigenvalue weighted by molar-refractivity contribution is 6.51. The number of benzene rings is 3. The largest absolute Gasteiger partial charge is 0.507 e. The van der Waals surface area contributed by atoms with E-state index in [0.717, 1.165) is 12.0 Å². The monoisotopic (exact) mass is 512 g/mol. The van der Waals surface area contributed by atoms with E-state index in [0.29, 0.717) is 41.3 Å². The number of hydrogen-bond acceptors (Lipinski definition) is 7. The van der Waals surface area contributed by atoms with Gasteiger partial charge in [-0.05, 0) is 86.0 Å². The normalized spacial score (nSPS) is 16.4. The Morgan fingerprint density at radius 1 is 1.00 bits per heavy atom. The predicted octanol–water partition coefficient (Wildman–Crippen LogP) is 5.39. The molecule has 1 aliphatic heterocycles. The van der Waals surface area contributed by atoms with Crippen molar-refractivity contribution in [3.05, 3.63) is 88.5 Å². The lowest BCUT2D eigenvalue weighted by Crippen LogP contribution is -2.29. The number of hydrogen-bond donors (Lipinski definition) is 2. The highest BCUT2D eigenvalue weighted by atomic mass is 16.5. The number of anilines is 1. The number of rotatable bonds is 8. The highest BCUT2D eigenvalue weighted by Crippen LogP contribution is 2.44. The van der Waals surface area contributed by atoms with E-state index in [9.17, 15) is 25.1 Å². The van der Waals surface area contributed by atoms with Gasteiger partial charge in [0.05, 0.1) is 36.5 Å². The summed E-state index contributed by atoms with van der Waals surface area (Å²) in [4.78, 5) is 28.1. The zero-order valence-electron chi connectivity index (χ0n) is 21.4. The second-order valence-corrected chi connectivity index (χ2v) is 8.82. The lowest BCUT2D eigenvalue weighted by molar-refractivity contribution is -0.132. The van der Waals surface area contributed by atoms with Crippen LogP contribution < -0.4 is 14.4 Å². The quantitative estimate of drug-likeness (QED) is 0.236. The molecule has 4 rings (SSSR count). The maximum atomic E-state index is 13.4. The summed E-state index contributed by atoms with van der Waals surface area (Å²) < 4.78 is 11.3. The summed E-state index contributed by atoms with van der Waals surface area (Å²) in [5, 5.41) is 30.9. The average molecular weight is 513 g/mol. The van der Waals surface area contributed by atoms with Crippen molar-refractivity contribution in [2.24, 2.45) is 0 Å². The predicted molar refractivity (Wildman–Crippen MR) is 142 cm³/mol. The van der Waals surface area contributed by atoms with Gasteiger partial charge in [-0.25, -0.2) is 0 Å². The molecule has 0 spiro atoms. The Morgan fingerprint density at radius 3 is 2.37 bits per heavy atom. The third-order valence-electron chi connectivity index (χ3n) is 6.23. The van der Waals surface area contributed by atoms with Gasteiger partial charge < -0.3 is 19.7 Å². The Balaban J connectivity index is 1.90. The number of carbonyl (C=O) groups excluding carboxylic acids is 2. The van der Waals surface area contributed by atoms with Crippen LogP contribution in [0.1, 0.15) is 48.6 Å². The summed E-state index contributed by atoms with van der Waals surface area (Å²) in [7, 11) is 0. The minimum absolute atomic E-state index is 0.0933. The fourth-order valence-electron chi connectivity index (χ4n) is 4.41. The molecule has 8 heteroatoms. The Bertz CT molecular complexity index is 1450. The van der Waals surface area contributed by atoms with Crippen LogP contribution in [0.4, 0.5) is 5.69 Å². The molecule has 0 aliphatic carbocycles. The van der Waals surface area contributed by atoms with Crippen LogP contribution in [0, 0.1) is 18.3 Å². The van der Waals surface area contributed by atoms with Gasteiger partial charge in [0.2, 0.25) is 0 Å². The number of aliphatic hydroxyl groups is 1. The number of phenols is 1. The van der Waals surface area contributed by atoms with Crippen LogP contribution in [0.3, 0.4) is 0 Å². The molecule has 3 aromatic rings. The van der Waals surface area contributed by atoms with Gasteiger partial charge in [-0.15, -0.1) is 0 Å². The lowest BCUT2D eigenvalue weighted by Gasteiger charge is -2.26. The summed E-state index contributed by atoms with van der Waals surface area (Å²) in [5.41, 5.74) is 2.25. The Kier molecular flexibility index (Phi) is 7.68. The average Bonchev–Trinajstić information content (AvgIpc) is 3.19. The summed E-state index contributed by atoms with van der Waals surface area (Å²) >= 11 is 0. The van der Waals surface area contributed by atoms with Gasteiger partial charge >= 0.3 is 0 Å². The van der Waals surface area contributed by atoms with Gasteiger partial charge in [-0.3, -0.25) is 14.5 Å². The van der Waals surface area contributed by atoms with E-state index in [1.807, 2.05) is 19.9 Å². The topological polar surface area (TPSA) is 120 Å². The van der Waals surface area contributed by atoms with Crippen molar-refractivity contribution in [2.75, 3.05) is 18.1 Å². The van der Waals surface area contributed by atoms with Crippen molar-refractivity contribution in [3.8, 4) is 23.3 Å². The van der Waals surface area contributed by atoms with Gasteiger partial charge in [0, 0.05) is 11.3 Å². The number of ether oxygens (including phenoxy) is 2. The molecule has 0 aromatic heterocycles.